The second-order valence-corrected chi connectivity index (χ2v) is 5.45. The topological polar surface area (TPSA) is 108 Å². The van der Waals surface area contributed by atoms with Crippen molar-refractivity contribution in [1.82, 2.24) is 10.2 Å². The maximum absolute atomic E-state index is 11.8. The van der Waals surface area contributed by atoms with E-state index in [1.807, 2.05) is 6.92 Å². The summed E-state index contributed by atoms with van der Waals surface area (Å²) < 4.78 is 5.49. The SMILES string of the molecule is Cc1ccc(NC(=O)NCCCC(=O)O)c(OCC(=O)N(C)C)c1. The largest absolute Gasteiger partial charge is 0.482 e. The Balaban J connectivity index is 2.61. The molecule has 1 aromatic carbocycles. The van der Waals surface area contributed by atoms with Gasteiger partial charge in [-0.25, -0.2) is 4.79 Å². The van der Waals surface area contributed by atoms with Gasteiger partial charge in [0, 0.05) is 27.1 Å². The first kappa shape index (κ1) is 19.3. The van der Waals surface area contributed by atoms with E-state index in [0.717, 1.165) is 5.56 Å². The first-order valence-electron chi connectivity index (χ1n) is 7.50. The molecule has 0 heterocycles. The number of nitrogens with one attached hydrogen (secondary N) is 2. The number of carboxylic acid groups (broad SMARTS) is 1. The molecule has 0 radical (unpaired) electrons. The summed E-state index contributed by atoms with van der Waals surface area (Å²) in [5.74, 6) is -0.705. The normalized spacial score (nSPS) is 9.96. The fourth-order valence-electron chi connectivity index (χ4n) is 1.73. The van der Waals surface area contributed by atoms with Gasteiger partial charge in [-0.15, -0.1) is 0 Å². The minimum Gasteiger partial charge on any atom is -0.482 e. The third-order valence-corrected chi connectivity index (χ3v) is 3.09. The van der Waals surface area contributed by atoms with Crippen LogP contribution in [-0.4, -0.2) is 55.2 Å². The van der Waals surface area contributed by atoms with Crippen LogP contribution in [0.3, 0.4) is 0 Å². The highest BCUT2D eigenvalue weighted by atomic mass is 16.5. The summed E-state index contributed by atoms with van der Waals surface area (Å²) in [6, 6.07) is 4.75. The predicted molar refractivity (Wildman–Crippen MR) is 89.3 cm³/mol. The van der Waals surface area contributed by atoms with Gasteiger partial charge in [-0.3, -0.25) is 9.59 Å². The number of aryl methyl sites for hydroxylation is 1. The lowest BCUT2D eigenvalue weighted by Gasteiger charge is -2.15. The van der Waals surface area contributed by atoms with E-state index in [0.29, 0.717) is 17.9 Å². The van der Waals surface area contributed by atoms with Crippen molar-refractivity contribution in [2.45, 2.75) is 19.8 Å². The molecule has 0 unspecified atom stereocenters. The van der Waals surface area contributed by atoms with Crippen LogP contribution in [0.1, 0.15) is 18.4 Å². The number of hydrogen-bond acceptors (Lipinski definition) is 4. The number of nitrogens with zero attached hydrogens (tertiary/aromatic N) is 1. The molecule has 3 N–H and O–H groups in total. The molecule has 24 heavy (non-hydrogen) atoms. The third-order valence-electron chi connectivity index (χ3n) is 3.09. The van der Waals surface area contributed by atoms with Crippen molar-refractivity contribution in [2.75, 3.05) is 32.6 Å². The zero-order chi connectivity index (χ0) is 18.1. The summed E-state index contributed by atoms with van der Waals surface area (Å²) in [5.41, 5.74) is 1.36. The number of urea groups is 1. The highest BCUT2D eigenvalue weighted by Gasteiger charge is 2.11. The minimum absolute atomic E-state index is 0.00812. The summed E-state index contributed by atoms with van der Waals surface area (Å²) in [5, 5.41) is 13.7. The second-order valence-electron chi connectivity index (χ2n) is 5.45. The van der Waals surface area contributed by atoms with Gasteiger partial charge in [0.25, 0.3) is 5.91 Å². The van der Waals surface area contributed by atoms with Crippen LogP contribution in [0.15, 0.2) is 18.2 Å². The molecule has 0 aliphatic rings. The molecule has 0 aromatic heterocycles. The van der Waals surface area contributed by atoms with Crippen molar-refractivity contribution in [1.29, 1.82) is 0 Å². The maximum atomic E-state index is 11.8. The molecular weight excluding hydrogens is 314 g/mol. The average Bonchev–Trinajstić information content (AvgIpc) is 2.51. The number of rotatable bonds is 8. The van der Waals surface area contributed by atoms with E-state index < -0.39 is 12.0 Å². The lowest BCUT2D eigenvalue weighted by atomic mass is 10.2. The third kappa shape index (κ3) is 6.99. The highest BCUT2D eigenvalue weighted by Crippen LogP contribution is 2.25. The molecule has 0 atom stereocenters. The Bertz CT molecular complexity index is 601. The fraction of sp³-hybridized carbons (Fsp3) is 0.438. The molecular formula is C16H23N3O5. The standard InChI is InChI=1S/C16H23N3O5/c1-11-6-7-12(13(9-11)24-10-14(20)19(2)3)18-16(23)17-8-4-5-15(21)22/h6-7,9H,4-5,8,10H2,1-3H3,(H,21,22)(H2,17,18,23). The number of benzene rings is 1. The monoisotopic (exact) mass is 337 g/mol. The molecule has 0 aliphatic carbocycles. The Labute approximate surface area is 140 Å². The maximum Gasteiger partial charge on any atom is 0.319 e. The lowest BCUT2D eigenvalue weighted by Crippen LogP contribution is -2.30. The number of carbonyl (C=O) groups excluding carboxylic acids is 2. The van der Waals surface area contributed by atoms with Crippen LogP contribution in [0.5, 0.6) is 5.75 Å². The molecule has 132 valence electrons. The van der Waals surface area contributed by atoms with Gasteiger partial charge in [0.15, 0.2) is 6.61 Å². The van der Waals surface area contributed by atoms with Crippen LogP contribution >= 0.6 is 0 Å². The summed E-state index contributed by atoms with van der Waals surface area (Å²) in [7, 11) is 3.26. The van der Waals surface area contributed by atoms with Crippen LogP contribution in [0, 0.1) is 6.92 Å². The van der Waals surface area contributed by atoms with Crippen molar-refractivity contribution in [3.63, 3.8) is 0 Å². The van der Waals surface area contributed by atoms with Crippen LogP contribution < -0.4 is 15.4 Å². The van der Waals surface area contributed by atoms with Crippen LogP contribution in [-0.2, 0) is 9.59 Å². The molecule has 8 nitrogen and oxygen atoms in total. The summed E-state index contributed by atoms with van der Waals surface area (Å²) in [6.07, 6.45) is 0.336. The van der Waals surface area contributed by atoms with E-state index in [-0.39, 0.29) is 25.5 Å². The van der Waals surface area contributed by atoms with Crippen molar-refractivity contribution < 1.29 is 24.2 Å². The first-order chi connectivity index (χ1) is 11.3. The van der Waals surface area contributed by atoms with Crippen LogP contribution in [0.25, 0.3) is 0 Å². The molecule has 0 saturated carbocycles. The Morgan fingerprint density at radius 1 is 1.25 bits per heavy atom. The van der Waals surface area contributed by atoms with Gasteiger partial charge in [0.1, 0.15) is 5.75 Å². The zero-order valence-corrected chi connectivity index (χ0v) is 14.1. The first-order valence-corrected chi connectivity index (χ1v) is 7.50. The molecule has 1 rings (SSSR count). The number of anilines is 1. The van der Waals surface area contributed by atoms with Gasteiger partial charge in [-0.1, -0.05) is 6.07 Å². The van der Waals surface area contributed by atoms with E-state index >= 15 is 0 Å². The smallest absolute Gasteiger partial charge is 0.319 e. The number of ether oxygens (including phenoxy) is 1. The predicted octanol–water partition coefficient (Wildman–Crippen LogP) is 1.45. The van der Waals surface area contributed by atoms with Crippen molar-refractivity contribution >= 4 is 23.6 Å². The van der Waals surface area contributed by atoms with Gasteiger partial charge in [-0.05, 0) is 31.0 Å². The van der Waals surface area contributed by atoms with Crippen molar-refractivity contribution in [3.05, 3.63) is 23.8 Å². The van der Waals surface area contributed by atoms with E-state index in [9.17, 15) is 14.4 Å². The number of hydrogen-bond donors (Lipinski definition) is 3. The van der Waals surface area contributed by atoms with Crippen molar-refractivity contribution in [2.24, 2.45) is 0 Å². The van der Waals surface area contributed by atoms with Crippen LogP contribution in [0.4, 0.5) is 10.5 Å². The number of carbonyl (C=O) groups is 3. The highest BCUT2D eigenvalue weighted by molar-refractivity contribution is 5.91. The Kier molecular flexibility index (Phi) is 7.54. The van der Waals surface area contributed by atoms with Crippen molar-refractivity contribution in [3.8, 4) is 5.75 Å². The molecule has 0 spiro atoms. The molecule has 0 saturated heterocycles. The molecule has 3 amide bonds. The van der Waals surface area contributed by atoms with Gasteiger partial charge in [0.2, 0.25) is 0 Å². The molecule has 0 fully saturated rings. The van der Waals surface area contributed by atoms with Gasteiger partial charge in [-0.2, -0.15) is 0 Å². The van der Waals surface area contributed by atoms with Crippen LogP contribution in [0.2, 0.25) is 0 Å². The van der Waals surface area contributed by atoms with Gasteiger partial charge < -0.3 is 25.4 Å². The Hall–Kier alpha value is -2.77. The minimum atomic E-state index is -0.906. The second kappa shape index (κ2) is 9.39. The Morgan fingerprint density at radius 3 is 2.58 bits per heavy atom. The molecule has 8 heteroatoms. The van der Waals surface area contributed by atoms with E-state index in [1.54, 1.807) is 32.3 Å². The number of aliphatic carboxylic acids is 1. The fourth-order valence-corrected chi connectivity index (χ4v) is 1.73. The lowest BCUT2D eigenvalue weighted by molar-refractivity contribution is -0.137. The van der Waals surface area contributed by atoms with Gasteiger partial charge >= 0.3 is 12.0 Å². The molecule has 0 aliphatic heterocycles. The summed E-state index contributed by atoms with van der Waals surface area (Å²) in [4.78, 5) is 35.3. The Morgan fingerprint density at radius 2 is 1.96 bits per heavy atom. The summed E-state index contributed by atoms with van der Waals surface area (Å²) in [6.45, 7) is 1.99. The molecule has 0 bridgehead atoms. The van der Waals surface area contributed by atoms with Gasteiger partial charge in [0.05, 0.1) is 5.69 Å². The number of likely N-dealkylation sites (N-methyl/N-ethyl adjacent to an activating group) is 1. The number of carboxylic acids is 1. The molecule has 1 aromatic rings. The van der Waals surface area contributed by atoms with E-state index in [4.69, 9.17) is 9.84 Å². The zero-order valence-electron chi connectivity index (χ0n) is 14.1. The quantitative estimate of drug-likeness (QED) is 0.622. The summed E-state index contributed by atoms with van der Waals surface area (Å²) >= 11 is 0. The number of amides is 3. The average molecular weight is 337 g/mol. The van der Waals surface area contributed by atoms with E-state index in [1.165, 1.54) is 4.90 Å². The van der Waals surface area contributed by atoms with E-state index in [2.05, 4.69) is 10.6 Å².